The van der Waals surface area contributed by atoms with Crippen molar-refractivity contribution in [2.75, 3.05) is 23.7 Å². The van der Waals surface area contributed by atoms with Crippen LogP contribution >= 0.6 is 0 Å². The summed E-state index contributed by atoms with van der Waals surface area (Å²) < 4.78 is 0. The van der Waals surface area contributed by atoms with Gasteiger partial charge in [-0.05, 0) is 18.9 Å². The van der Waals surface area contributed by atoms with Crippen molar-refractivity contribution in [1.82, 2.24) is 9.88 Å². The Hall–Kier alpha value is -2.58. The summed E-state index contributed by atoms with van der Waals surface area (Å²) >= 11 is 0. The van der Waals surface area contributed by atoms with E-state index in [0.29, 0.717) is 18.9 Å². The number of hydrogen-bond donors (Lipinski definition) is 2. The number of amides is 1. The van der Waals surface area contributed by atoms with Gasteiger partial charge in [-0.3, -0.25) is 10.1 Å². The van der Waals surface area contributed by atoms with Gasteiger partial charge in [0.1, 0.15) is 5.82 Å². The van der Waals surface area contributed by atoms with Crippen LogP contribution in [0.3, 0.4) is 0 Å². The predicted molar refractivity (Wildman–Crippen MR) is 74.2 cm³/mol. The first kappa shape index (κ1) is 13.4. The largest absolute Gasteiger partial charge is 0.465 e. The van der Waals surface area contributed by atoms with E-state index in [2.05, 4.69) is 4.98 Å². The normalized spacial score (nSPS) is 24.2. The molecule has 112 valence electrons. The van der Waals surface area contributed by atoms with Crippen LogP contribution in [0.2, 0.25) is 0 Å². The predicted octanol–water partition coefficient (Wildman–Crippen LogP) is 0.903. The molecule has 3 rings (SSSR count). The van der Waals surface area contributed by atoms with E-state index in [4.69, 9.17) is 10.8 Å². The number of nitro groups is 1. The number of carbonyl (C=O) groups is 1. The molecule has 0 aliphatic carbocycles. The molecule has 0 unspecified atom stereocenters. The molecule has 3 heterocycles. The third-order valence-electron chi connectivity index (χ3n) is 4.10. The Labute approximate surface area is 120 Å². The lowest BCUT2D eigenvalue weighted by atomic mass is 10.2. The van der Waals surface area contributed by atoms with Gasteiger partial charge in [-0.1, -0.05) is 0 Å². The third kappa shape index (κ3) is 2.20. The zero-order chi connectivity index (χ0) is 15.1. The van der Waals surface area contributed by atoms with E-state index in [1.807, 2.05) is 4.90 Å². The molecule has 1 aromatic heterocycles. The Kier molecular flexibility index (Phi) is 3.04. The highest BCUT2D eigenvalue weighted by Crippen LogP contribution is 2.35. The number of anilines is 2. The van der Waals surface area contributed by atoms with Gasteiger partial charge in [0, 0.05) is 31.2 Å². The molecule has 0 spiro atoms. The van der Waals surface area contributed by atoms with Gasteiger partial charge in [-0.15, -0.1) is 0 Å². The molecule has 0 saturated carbocycles. The van der Waals surface area contributed by atoms with Crippen molar-refractivity contribution in [1.29, 1.82) is 0 Å². The number of hydrogen-bond acceptors (Lipinski definition) is 6. The van der Waals surface area contributed by atoms with Crippen molar-refractivity contribution in [3.05, 3.63) is 22.2 Å². The summed E-state index contributed by atoms with van der Waals surface area (Å²) in [6.07, 6.45) is 0.850. The number of aromatic nitrogens is 1. The highest BCUT2D eigenvalue weighted by molar-refractivity contribution is 5.66. The molecule has 21 heavy (non-hydrogen) atoms. The maximum absolute atomic E-state index is 11.1. The van der Waals surface area contributed by atoms with E-state index in [-0.39, 0.29) is 23.6 Å². The molecular weight excluding hydrogens is 278 g/mol. The Morgan fingerprint density at radius 2 is 2.00 bits per heavy atom. The van der Waals surface area contributed by atoms with E-state index in [9.17, 15) is 14.9 Å². The van der Waals surface area contributed by atoms with Gasteiger partial charge < -0.3 is 20.6 Å². The maximum Gasteiger partial charge on any atom is 0.407 e. The topological polar surface area (TPSA) is 126 Å². The zero-order valence-electron chi connectivity index (χ0n) is 11.2. The van der Waals surface area contributed by atoms with Crippen LogP contribution in [0.1, 0.15) is 12.8 Å². The second kappa shape index (κ2) is 4.76. The second-order valence-electron chi connectivity index (χ2n) is 5.31. The molecule has 2 saturated heterocycles. The van der Waals surface area contributed by atoms with Gasteiger partial charge in [0.25, 0.3) is 0 Å². The van der Waals surface area contributed by atoms with Crippen LogP contribution in [0.5, 0.6) is 0 Å². The zero-order valence-corrected chi connectivity index (χ0v) is 11.2. The van der Waals surface area contributed by atoms with Gasteiger partial charge >= 0.3 is 11.8 Å². The maximum atomic E-state index is 11.1. The number of likely N-dealkylation sites (tertiary alicyclic amines) is 1. The molecule has 1 aromatic rings. The summed E-state index contributed by atoms with van der Waals surface area (Å²) in [4.78, 5) is 28.9. The Morgan fingerprint density at radius 1 is 1.38 bits per heavy atom. The Balaban J connectivity index is 1.87. The molecule has 2 aliphatic rings. The van der Waals surface area contributed by atoms with Crippen LogP contribution < -0.4 is 10.6 Å². The van der Waals surface area contributed by atoms with Gasteiger partial charge in [-0.25, -0.2) is 9.78 Å². The van der Waals surface area contributed by atoms with Crippen LogP contribution in [0.25, 0.3) is 0 Å². The first-order chi connectivity index (χ1) is 9.97. The van der Waals surface area contributed by atoms with Gasteiger partial charge in [0.2, 0.25) is 5.82 Å². The van der Waals surface area contributed by atoms with Crippen molar-refractivity contribution in [2.24, 2.45) is 0 Å². The number of pyridine rings is 1. The number of nitrogen functional groups attached to an aromatic ring is 1. The van der Waals surface area contributed by atoms with Crippen LogP contribution in [0, 0.1) is 10.1 Å². The second-order valence-corrected chi connectivity index (χ2v) is 5.31. The van der Waals surface area contributed by atoms with Gasteiger partial charge in [0.05, 0.1) is 4.92 Å². The number of rotatable bonds is 2. The fourth-order valence-corrected chi connectivity index (χ4v) is 3.19. The molecule has 1 amide bonds. The smallest absolute Gasteiger partial charge is 0.407 e. The monoisotopic (exact) mass is 293 g/mol. The summed E-state index contributed by atoms with van der Waals surface area (Å²) in [6.45, 7) is 0.842. The number of nitrogens with zero attached hydrogens (tertiary/aromatic N) is 4. The lowest BCUT2D eigenvalue weighted by Gasteiger charge is -2.40. The van der Waals surface area contributed by atoms with E-state index in [1.165, 1.54) is 11.0 Å². The summed E-state index contributed by atoms with van der Waals surface area (Å²) in [7, 11) is 0. The van der Waals surface area contributed by atoms with E-state index in [0.717, 1.165) is 12.8 Å². The minimum atomic E-state index is -0.914. The molecule has 2 bridgehead atoms. The first-order valence-corrected chi connectivity index (χ1v) is 6.64. The molecule has 3 N–H and O–H groups in total. The number of nitrogens with two attached hydrogens (primary N) is 1. The standard InChI is InChI=1S/C12H15N5O4/c13-11-9(17(20)21)3-4-10(14-11)16-7-1-2-8(16)6-15(5-7)12(18)19/h3-4,7-8H,1-2,5-6H2,(H2,13,14)(H,18,19)/t7-,8+. The van der Waals surface area contributed by atoms with E-state index in [1.54, 1.807) is 6.07 Å². The SMILES string of the molecule is Nc1nc(N2[C@@H]3CC[C@H]2CN(C(=O)O)C3)ccc1[N+](=O)[O-]. The highest BCUT2D eigenvalue weighted by Gasteiger charge is 2.42. The highest BCUT2D eigenvalue weighted by atomic mass is 16.6. The molecule has 2 atom stereocenters. The first-order valence-electron chi connectivity index (χ1n) is 6.64. The van der Waals surface area contributed by atoms with Crippen LogP contribution in [-0.2, 0) is 0 Å². The lowest BCUT2D eigenvalue weighted by molar-refractivity contribution is -0.384. The van der Waals surface area contributed by atoms with E-state index < -0.39 is 11.0 Å². The van der Waals surface area contributed by atoms with Crippen LogP contribution in [0.4, 0.5) is 22.1 Å². The van der Waals surface area contributed by atoms with Gasteiger partial charge in [0.15, 0.2) is 0 Å². The summed E-state index contributed by atoms with van der Waals surface area (Å²) in [5, 5.41) is 19.9. The molecule has 9 heteroatoms. The molecule has 2 fully saturated rings. The third-order valence-corrected chi connectivity index (χ3v) is 4.10. The summed E-state index contributed by atoms with van der Waals surface area (Å²) in [6, 6.07) is 3.03. The molecular formula is C12H15N5O4. The Morgan fingerprint density at radius 3 is 2.48 bits per heavy atom. The Bertz CT molecular complexity index is 593. The average molecular weight is 293 g/mol. The van der Waals surface area contributed by atoms with Crippen molar-refractivity contribution in [3.8, 4) is 0 Å². The van der Waals surface area contributed by atoms with Crippen molar-refractivity contribution in [3.63, 3.8) is 0 Å². The summed E-state index contributed by atoms with van der Waals surface area (Å²) in [5.74, 6) is 0.466. The van der Waals surface area contributed by atoms with Crippen LogP contribution in [0.15, 0.2) is 12.1 Å². The van der Waals surface area contributed by atoms with Crippen molar-refractivity contribution >= 4 is 23.4 Å². The average Bonchev–Trinajstić information content (AvgIpc) is 2.68. The number of fused-ring (bicyclic) bond motifs is 2. The molecule has 2 aliphatic heterocycles. The minimum Gasteiger partial charge on any atom is -0.465 e. The van der Waals surface area contributed by atoms with Crippen molar-refractivity contribution in [2.45, 2.75) is 24.9 Å². The summed E-state index contributed by atoms with van der Waals surface area (Å²) in [5.41, 5.74) is 5.42. The molecule has 0 aromatic carbocycles. The van der Waals surface area contributed by atoms with Gasteiger partial charge in [-0.2, -0.15) is 0 Å². The molecule has 9 nitrogen and oxygen atoms in total. The van der Waals surface area contributed by atoms with E-state index >= 15 is 0 Å². The lowest BCUT2D eigenvalue weighted by Crippen LogP contribution is -2.55. The quantitative estimate of drug-likeness (QED) is 0.612. The van der Waals surface area contributed by atoms with Crippen molar-refractivity contribution < 1.29 is 14.8 Å². The fraction of sp³-hybridized carbons (Fsp3) is 0.500. The minimum absolute atomic E-state index is 0.0493. The number of carboxylic acid groups (broad SMARTS) is 1. The molecule has 0 radical (unpaired) electrons. The fourth-order valence-electron chi connectivity index (χ4n) is 3.19. The van der Waals surface area contributed by atoms with Crippen LogP contribution in [-0.4, -0.2) is 51.2 Å². The number of piperazine rings is 1.